The molecule has 0 amide bonds. The standard InChI is InChI=1S/C8H11NOS/c10-5-7-3-6-1-2-11-8(6)4-9-7/h1-2,7,9-10H,3-5H2/t7-/m1/s1. The van der Waals surface area contributed by atoms with Crippen LogP contribution in [0.2, 0.25) is 0 Å². The minimum absolute atomic E-state index is 0.245. The normalized spacial score (nSPS) is 23.2. The molecular weight excluding hydrogens is 158 g/mol. The van der Waals surface area contributed by atoms with Crippen molar-refractivity contribution >= 4 is 11.3 Å². The largest absolute Gasteiger partial charge is 0.395 e. The van der Waals surface area contributed by atoms with Crippen molar-refractivity contribution in [2.75, 3.05) is 6.61 Å². The molecule has 2 rings (SSSR count). The molecule has 2 heterocycles. The van der Waals surface area contributed by atoms with Gasteiger partial charge in [-0.15, -0.1) is 11.3 Å². The Bertz CT molecular complexity index is 246. The Kier molecular flexibility index (Phi) is 1.94. The molecule has 0 bridgehead atoms. The van der Waals surface area contributed by atoms with Crippen molar-refractivity contribution in [1.29, 1.82) is 0 Å². The smallest absolute Gasteiger partial charge is 0.0588 e. The van der Waals surface area contributed by atoms with Gasteiger partial charge in [0.1, 0.15) is 0 Å². The molecule has 1 aliphatic rings. The molecule has 0 aliphatic carbocycles. The second kappa shape index (κ2) is 2.93. The number of fused-ring (bicyclic) bond motifs is 1. The van der Waals surface area contributed by atoms with Crippen molar-refractivity contribution in [2.24, 2.45) is 0 Å². The average molecular weight is 169 g/mol. The highest BCUT2D eigenvalue weighted by Crippen LogP contribution is 2.21. The summed E-state index contributed by atoms with van der Waals surface area (Å²) in [6, 6.07) is 2.43. The first-order valence-electron chi connectivity index (χ1n) is 3.79. The molecule has 60 valence electrons. The lowest BCUT2D eigenvalue weighted by molar-refractivity contribution is 0.236. The molecule has 1 aliphatic heterocycles. The van der Waals surface area contributed by atoms with Gasteiger partial charge in [-0.05, 0) is 23.4 Å². The maximum atomic E-state index is 8.90. The first-order valence-corrected chi connectivity index (χ1v) is 4.67. The highest BCUT2D eigenvalue weighted by atomic mass is 32.1. The summed E-state index contributed by atoms with van der Waals surface area (Å²) in [5.41, 5.74) is 1.41. The molecule has 2 nitrogen and oxygen atoms in total. The number of nitrogens with one attached hydrogen (secondary N) is 1. The Morgan fingerprint density at radius 3 is 3.45 bits per heavy atom. The second-order valence-corrected chi connectivity index (χ2v) is 3.83. The predicted molar refractivity (Wildman–Crippen MR) is 45.7 cm³/mol. The summed E-state index contributed by atoms with van der Waals surface area (Å²) >= 11 is 1.79. The van der Waals surface area contributed by atoms with E-state index in [4.69, 9.17) is 5.11 Å². The first-order chi connectivity index (χ1) is 5.40. The first kappa shape index (κ1) is 7.28. The van der Waals surface area contributed by atoms with Crippen LogP contribution in [0.15, 0.2) is 11.4 Å². The van der Waals surface area contributed by atoms with Gasteiger partial charge in [-0.1, -0.05) is 0 Å². The van der Waals surface area contributed by atoms with E-state index in [0.29, 0.717) is 0 Å². The zero-order valence-corrected chi connectivity index (χ0v) is 7.03. The fourth-order valence-corrected chi connectivity index (χ4v) is 2.27. The maximum Gasteiger partial charge on any atom is 0.0588 e. The van der Waals surface area contributed by atoms with E-state index in [1.807, 2.05) is 0 Å². The third-order valence-electron chi connectivity index (χ3n) is 2.08. The van der Waals surface area contributed by atoms with Crippen molar-refractivity contribution in [2.45, 2.75) is 19.0 Å². The number of aliphatic hydroxyl groups excluding tert-OH is 1. The van der Waals surface area contributed by atoms with Crippen molar-refractivity contribution in [3.05, 3.63) is 21.9 Å². The lowest BCUT2D eigenvalue weighted by atomic mass is 10.0. The third-order valence-corrected chi connectivity index (χ3v) is 3.04. The molecule has 2 N–H and O–H groups in total. The van der Waals surface area contributed by atoms with Gasteiger partial charge in [0.2, 0.25) is 0 Å². The molecule has 0 fully saturated rings. The summed E-state index contributed by atoms with van der Waals surface area (Å²) in [5.74, 6) is 0. The van der Waals surface area contributed by atoms with Crippen molar-refractivity contribution < 1.29 is 5.11 Å². The number of rotatable bonds is 1. The van der Waals surface area contributed by atoms with Crippen LogP contribution in [0.25, 0.3) is 0 Å². The zero-order valence-electron chi connectivity index (χ0n) is 6.21. The summed E-state index contributed by atoms with van der Waals surface area (Å²) in [5, 5.41) is 14.3. The van der Waals surface area contributed by atoms with E-state index in [0.717, 1.165) is 13.0 Å². The summed E-state index contributed by atoms with van der Waals surface area (Å²) in [6.07, 6.45) is 0.981. The monoisotopic (exact) mass is 169 g/mol. The predicted octanol–water partition coefficient (Wildman–Crippen LogP) is 0.755. The minimum Gasteiger partial charge on any atom is -0.395 e. The fourth-order valence-electron chi connectivity index (χ4n) is 1.41. The van der Waals surface area contributed by atoms with Gasteiger partial charge in [-0.3, -0.25) is 0 Å². The van der Waals surface area contributed by atoms with Crippen LogP contribution < -0.4 is 5.32 Å². The molecule has 0 unspecified atom stereocenters. The molecule has 11 heavy (non-hydrogen) atoms. The minimum atomic E-state index is 0.245. The zero-order chi connectivity index (χ0) is 7.68. The Balaban J connectivity index is 2.18. The van der Waals surface area contributed by atoms with E-state index >= 15 is 0 Å². The summed E-state index contributed by atoms with van der Waals surface area (Å²) in [4.78, 5) is 1.43. The van der Waals surface area contributed by atoms with E-state index < -0.39 is 0 Å². The van der Waals surface area contributed by atoms with Crippen molar-refractivity contribution in [1.82, 2.24) is 5.32 Å². The Hall–Kier alpha value is -0.380. The Morgan fingerprint density at radius 1 is 1.73 bits per heavy atom. The molecule has 3 heteroatoms. The van der Waals surface area contributed by atoms with Gasteiger partial charge in [-0.2, -0.15) is 0 Å². The highest BCUT2D eigenvalue weighted by Gasteiger charge is 2.17. The van der Waals surface area contributed by atoms with Crippen LogP contribution in [0.3, 0.4) is 0 Å². The SMILES string of the molecule is OC[C@H]1Cc2ccsc2CN1. The van der Waals surface area contributed by atoms with E-state index in [9.17, 15) is 0 Å². The van der Waals surface area contributed by atoms with Gasteiger partial charge in [0.25, 0.3) is 0 Å². The molecule has 1 aromatic heterocycles. The fraction of sp³-hybridized carbons (Fsp3) is 0.500. The quantitative estimate of drug-likeness (QED) is 0.650. The van der Waals surface area contributed by atoms with E-state index in [-0.39, 0.29) is 12.6 Å². The summed E-state index contributed by atoms with van der Waals surface area (Å²) < 4.78 is 0. The number of hydrogen-bond acceptors (Lipinski definition) is 3. The van der Waals surface area contributed by atoms with Crippen molar-refractivity contribution in [3.63, 3.8) is 0 Å². The summed E-state index contributed by atoms with van der Waals surface area (Å²) in [6.45, 7) is 1.17. The molecular formula is C8H11NOS. The molecule has 0 saturated heterocycles. The topological polar surface area (TPSA) is 32.3 Å². The molecule has 1 aromatic rings. The highest BCUT2D eigenvalue weighted by molar-refractivity contribution is 7.10. The van der Waals surface area contributed by atoms with E-state index in [2.05, 4.69) is 16.8 Å². The maximum absolute atomic E-state index is 8.90. The van der Waals surface area contributed by atoms with Crippen LogP contribution >= 0.6 is 11.3 Å². The van der Waals surface area contributed by atoms with Crippen LogP contribution in [0.1, 0.15) is 10.4 Å². The third kappa shape index (κ3) is 1.31. The van der Waals surface area contributed by atoms with Gasteiger partial charge in [0.05, 0.1) is 6.61 Å². The van der Waals surface area contributed by atoms with Crippen LogP contribution in [0.5, 0.6) is 0 Å². The van der Waals surface area contributed by atoms with Crippen LogP contribution in [0, 0.1) is 0 Å². The van der Waals surface area contributed by atoms with Gasteiger partial charge >= 0.3 is 0 Å². The number of hydrogen-bond donors (Lipinski definition) is 2. The Labute approximate surface area is 69.9 Å². The lowest BCUT2D eigenvalue weighted by Crippen LogP contribution is -2.37. The van der Waals surface area contributed by atoms with Crippen molar-refractivity contribution in [3.8, 4) is 0 Å². The van der Waals surface area contributed by atoms with E-state index in [1.54, 1.807) is 11.3 Å². The van der Waals surface area contributed by atoms with E-state index in [1.165, 1.54) is 10.4 Å². The van der Waals surface area contributed by atoms with Crippen LogP contribution in [-0.2, 0) is 13.0 Å². The molecule has 1 atom stereocenters. The molecule has 0 radical (unpaired) electrons. The van der Waals surface area contributed by atoms with Gasteiger partial charge in [-0.25, -0.2) is 0 Å². The van der Waals surface area contributed by atoms with Gasteiger partial charge in [0.15, 0.2) is 0 Å². The second-order valence-electron chi connectivity index (χ2n) is 2.83. The molecule has 0 aromatic carbocycles. The lowest BCUT2D eigenvalue weighted by Gasteiger charge is -2.21. The molecule has 0 saturated carbocycles. The van der Waals surface area contributed by atoms with Crippen LogP contribution in [0.4, 0.5) is 0 Å². The van der Waals surface area contributed by atoms with Gasteiger partial charge in [0, 0.05) is 17.5 Å². The molecule has 0 spiro atoms. The number of thiophene rings is 1. The van der Waals surface area contributed by atoms with Crippen LogP contribution in [-0.4, -0.2) is 17.8 Å². The number of aliphatic hydroxyl groups is 1. The summed E-state index contributed by atoms with van der Waals surface area (Å²) in [7, 11) is 0. The Morgan fingerprint density at radius 2 is 2.64 bits per heavy atom. The van der Waals surface area contributed by atoms with Gasteiger partial charge < -0.3 is 10.4 Å². The average Bonchev–Trinajstić information content (AvgIpc) is 2.50.